The van der Waals surface area contributed by atoms with Crippen LogP contribution in [-0.2, 0) is 21.2 Å². The second kappa shape index (κ2) is 7.37. The average molecular weight is 374 g/mol. The van der Waals surface area contributed by atoms with Crippen molar-refractivity contribution < 1.29 is 17.9 Å². The Kier molecular flexibility index (Phi) is 5.18. The third-order valence-corrected chi connectivity index (χ3v) is 5.04. The molecule has 1 amide bonds. The molecule has 0 saturated heterocycles. The molecule has 0 spiro atoms. The summed E-state index contributed by atoms with van der Waals surface area (Å²) >= 11 is 0. The first kappa shape index (κ1) is 18.3. The van der Waals surface area contributed by atoms with E-state index in [1.54, 1.807) is 18.2 Å². The quantitative estimate of drug-likeness (QED) is 0.842. The van der Waals surface area contributed by atoms with Crippen LogP contribution in [0.2, 0.25) is 0 Å². The van der Waals surface area contributed by atoms with Gasteiger partial charge in [0, 0.05) is 5.69 Å². The number of amides is 1. The summed E-state index contributed by atoms with van der Waals surface area (Å²) in [6.07, 6.45) is 3.83. The van der Waals surface area contributed by atoms with Gasteiger partial charge in [0.2, 0.25) is 15.9 Å². The fourth-order valence-corrected chi connectivity index (χ4v) is 3.88. The van der Waals surface area contributed by atoms with Crippen molar-refractivity contribution in [2.75, 3.05) is 23.4 Å². The van der Waals surface area contributed by atoms with Gasteiger partial charge in [0.05, 0.1) is 25.0 Å². The number of methoxy groups -OCH3 is 1. The Labute approximate surface area is 153 Å². The molecule has 2 aromatic carbocycles. The lowest BCUT2D eigenvalue weighted by atomic mass is 9.82. The summed E-state index contributed by atoms with van der Waals surface area (Å²) in [5.74, 6) is 0.0948. The zero-order valence-electron chi connectivity index (χ0n) is 14.8. The first-order chi connectivity index (χ1) is 12.4. The summed E-state index contributed by atoms with van der Waals surface area (Å²) in [5.41, 5.74) is 3.09. The molecule has 1 aliphatic carbocycles. The third kappa shape index (κ3) is 4.16. The number of hydrogen-bond donors (Lipinski definition) is 2. The van der Waals surface area contributed by atoms with Gasteiger partial charge in [-0.25, -0.2) is 8.42 Å². The van der Waals surface area contributed by atoms with Gasteiger partial charge in [-0.3, -0.25) is 9.52 Å². The maximum Gasteiger partial charge on any atom is 0.231 e. The van der Waals surface area contributed by atoms with Crippen LogP contribution in [0.1, 0.15) is 29.9 Å². The summed E-state index contributed by atoms with van der Waals surface area (Å²) in [6.45, 7) is 0. The number of carbonyl (C=O) groups excluding carboxylic acids is 1. The van der Waals surface area contributed by atoms with E-state index < -0.39 is 10.0 Å². The Morgan fingerprint density at radius 2 is 1.96 bits per heavy atom. The van der Waals surface area contributed by atoms with Crippen LogP contribution in [0.4, 0.5) is 11.4 Å². The first-order valence-corrected chi connectivity index (χ1v) is 10.3. The molecule has 1 unspecified atom stereocenters. The molecule has 2 N–H and O–H groups in total. The molecule has 138 valence electrons. The largest absolute Gasteiger partial charge is 0.495 e. The van der Waals surface area contributed by atoms with Crippen molar-refractivity contribution in [2.45, 2.75) is 25.2 Å². The van der Waals surface area contributed by atoms with Gasteiger partial charge in [-0.15, -0.1) is 0 Å². The highest BCUT2D eigenvalue weighted by Crippen LogP contribution is 2.33. The molecular formula is C19H22N2O4S. The lowest BCUT2D eigenvalue weighted by Gasteiger charge is -2.24. The standard InChI is InChI=1S/C19H22N2O4S/c1-25-18-11-10-14(12-17(18)21-26(2,23)24)20-19(22)16-9-5-7-13-6-3-4-8-15(13)16/h3-4,6,8,10-12,16,21H,5,7,9H2,1-2H3,(H,20,22). The van der Waals surface area contributed by atoms with Crippen LogP contribution in [0, 0.1) is 0 Å². The van der Waals surface area contributed by atoms with Gasteiger partial charge in [0.1, 0.15) is 5.75 Å². The molecule has 0 aliphatic heterocycles. The van der Waals surface area contributed by atoms with Crippen LogP contribution < -0.4 is 14.8 Å². The number of rotatable bonds is 5. The second-order valence-corrected chi connectivity index (χ2v) is 8.17. The lowest BCUT2D eigenvalue weighted by molar-refractivity contribution is -0.117. The van der Waals surface area contributed by atoms with Crippen molar-refractivity contribution in [2.24, 2.45) is 0 Å². The number of benzene rings is 2. The van der Waals surface area contributed by atoms with Crippen LogP contribution in [0.25, 0.3) is 0 Å². The summed E-state index contributed by atoms with van der Waals surface area (Å²) in [6, 6.07) is 12.9. The predicted octanol–water partition coefficient (Wildman–Crippen LogP) is 3.13. The zero-order chi connectivity index (χ0) is 18.7. The average Bonchev–Trinajstić information content (AvgIpc) is 2.60. The van der Waals surface area contributed by atoms with E-state index in [0.717, 1.165) is 31.1 Å². The van der Waals surface area contributed by atoms with E-state index in [2.05, 4.69) is 16.1 Å². The number of anilines is 2. The van der Waals surface area contributed by atoms with Crippen molar-refractivity contribution in [1.82, 2.24) is 0 Å². The van der Waals surface area contributed by atoms with Gasteiger partial charge in [0.15, 0.2) is 0 Å². The highest BCUT2D eigenvalue weighted by Gasteiger charge is 2.26. The highest BCUT2D eigenvalue weighted by atomic mass is 32.2. The van der Waals surface area contributed by atoms with E-state index in [4.69, 9.17) is 4.74 Å². The molecule has 0 heterocycles. The zero-order valence-corrected chi connectivity index (χ0v) is 15.6. The Morgan fingerprint density at radius 1 is 1.19 bits per heavy atom. The van der Waals surface area contributed by atoms with E-state index in [1.807, 2.05) is 18.2 Å². The smallest absolute Gasteiger partial charge is 0.231 e. The summed E-state index contributed by atoms with van der Waals surface area (Å²) in [4.78, 5) is 12.8. The predicted molar refractivity (Wildman–Crippen MR) is 102 cm³/mol. The summed E-state index contributed by atoms with van der Waals surface area (Å²) < 4.78 is 30.6. The number of aryl methyl sites for hydroxylation is 1. The van der Waals surface area contributed by atoms with Gasteiger partial charge in [0.25, 0.3) is 0 Å². The highest BCUT2D eigenvalue weighted by molar-refractivity contribution is 7.92. The van der Waals surface area contributed by atoms with Gasteiger partial charge < -0.3 is 10.1 Å². The molecule has 1 aliphatic rings. The Bertz CT molecular complexity index is 925. The fraction of sp³-hybridized carbons (Fsp3) is 0.316. The Balaban J connectivity index is 1.83. The van der Waals surface area contributed by atoms with E-state index in [9.17, 15) is 13.2 Å². The molecule has 0 saturated carbocycles. The van der Waals surface area contributed by atoms with E-state index in [1.165, 1.54) is 12.7 Å². The van der Waals surface area contributed by atoms with Crippen molar-refractivity contribution in [3.63, 3.8) is 0 Å². The number of fused-ring (bicyclic) bond motifs is 1. The van der Waals surface area contributed by atoms with E-state index >= 15 is 0 Å². The van der Waals surface area contributed by atoms with Crippen molar-refractivity contribution in [1.29, 1.82) is 0 Å². The SMILES string of the molecule is COc1ccc(NC(=O)C2CCCc3ccccc32)cc1NS(C)(=O)=O. The maximum absolute atomic E-state index is 12.8. The number of carbonyl (C=O) groups is 1. The number of hydrogen-bond acceptors (Lipinski definition) is 4. The van der Waals surface area contributed by atoms with Crippen molar-refractivity contribution >= 4 is 27.3 Å². The minimum absolute atomic E-state index is 0.0902. The summed E-state index contributed by atoms with van der Waals surface area (Å²) in [5, 5.41) is 2.90. The second-order valence-electron chi connectivity index (χ2n) is 6.42. The number of sulfonamides is 1. The number of ether oxygens (including phenoxy) is 1. The van der Waals surface area contributed by atoms with Crippen molar-refractivity contribution in [3.8, 4) is 5.75 Å². The molecule has 0 bridgehead atoms. The van der Waals surface area contributed by atoms with Gasteiger partial charge in [-0.1, -0.05) is 24.3 Å². The van der Waals surface area contributed by atoms with Gasteiger partial charge in [-0.2, -0.15) is 0 Å². The van der Waals surface area contributed by atoms with Gasteiger partial charge >= 0.3 is 0 Å². The molecule has 0 radical (unpaired) electrons. The topological polar surface area (TPSA) is 84.5 Å². The molecule has 6 nitrogen and oxygen atoms in total. The van der Waals surface area contributed by atoms with E-state index in [0.29, 0.717) is 11.4 Å². The monoisotopic (exact) mass is 374 g/mol. The normalized spacial score (nSPS) is 16.5. The Morgan fingerprint density at radius 3 is 2.69 bits per heavy atom. The van der Waals surface area contributed by atoms with Crippen LogP contribution in [0.5, 0.6) is 5.75 Å². The Hall–Kier alpha value is -2.54. The fourth-order valence-electron chi connectivity index (χ4n) is 3.32. The minimum Gasteiger partial charge on any atom is -0.495 e. The van der Waals surface area contributed by atoms with Crippen molar-refractivity contribution in [3.05, 3.63) is 53.6 Å². The van der Waals surface area contributed by atoms with Gasteiger partial charge in [-0.05, 0) is 48.6 Å². The first-order valence-electron chi connectivity index (χ1n) is 8.42. The molecule has 1 atom stereocenters. The molecule has 0 aromatic heterocycles. The lowest BCUT2D eigenvalue weighted by Crippen LogP contribution is -2.24. The molecule has 7 heteroatoms. The molecule has 2 aromatic rings. The van der Waals surface area contributed by atoms with Crippen LogP contribution in [-0.4, -0.2) is 27.7 Å². The molecular weight excluding hydrogens is 352 g/mol. The molecule has 3 rings (SSSR count). The summed E-state index contributed by atoms with van der Waals surface area (Å²) in [7, 11) is -2.00. The molecule has 0 fully saturated rings. The van der Waals surface area contributed by atoms with E-state index in [-0.39, 0.29) is 17.5 Å². The van der Waals surface area contributed by atoms with Crippen LogP contribution in [0.15, 0.2) is 42.5 Å². The van der Waals surface area contributed by atoms with Crippen LogP contribution in [0.3, 0.4) is 0 Å². The third-order valence-electron chi connectivity index (χ3n) is 4.45. The maximum atomic E-state index is 12.8. The molecule has 26 heavy (non-hydrogen) atoms. The van der Waals surface area contributed by atoms with Crippen LogP contribution >= 0.6 is 0 Å². The number of nitrogens with one attached hydrogen (secondary N) is 2. The minimum atomic E-state index is -3.46.